The first-order valence-corrected chi connectivity index (χ1v) is 10.1. The number of hydrogen-bond acceptors (Lipinski definition) is 4. The summed E-state index contributed by atoms with van der Waals surface area (Å²) in [4.78, 5) is 12.5. The van der Waals surface area contributed by atoms with Gasteiger partial charge in [0, 0.05) is 31.1 Å². The number of nitrogens with one attached hydrogen (secondary N) is 1. The van der Waals surface area contributed by atoms with Crippen LogP contribution in [0.2, 0.25) is 0 Å². The molecule has 0 radical (unpaired) electrons. The Bertz CT molecular complexity index is 737. The average molecular weight is 404 g/mol. The zero-order valence-electron chi connectivity index (χ0n) is 15.9. The van der Waals surface area contributed by atoms with Crippen LogP contribution in [0.15, 0.2) is 23.1 Å². The number of carbonyl (C=O) groups is 1. The predicted octanol–water partition coefficient (Wildman–Crippen LogP) is 1.98. The molecule has 0 aliphatic carbocycles. The van der Waals surface area contributed by atoms with Crippen LogP contribution in [0.4, 0.5) is 0 Å². The molecule has 0 atom stereocenters. The number of halogens is 1. The minimum Gasteiger partial charge on any atom is -0.354 e. The van der Waals surface area contributed by atoms with Gasteiger partial charge in [0.1, 0.15) is 0 Å². The van der Waals surface area contributed by atoms with Crippen LogP contribution in [0.1, 0.15) is 37.8 Å². The van der Waals surface area contributed by atoms with Gasteiger partial charge in [-0.05, 0) is 63.8 Å². The number of amides is 1. The SMILES string of the molecule is Cc1ccc(S(=O)(=O)N2CCC(C(=O)NCC(C)(C)N)CC2)cc1C.Cl. The van der Waals surface area contributed by atoms with Crippen molar-refractivity contribution in [3.05, 3.63) is 29.3 Å². The fourth-order valence-electron chi connectivity index (χ4n) is 2.84. The van der Waals surface area contributed by atoms with E-state index >= 15 is 0 Å². The molecule has 1 aliphatic rings. The molecule has 1 saturated heterocycles. The molecule has 26 heavy (non-hydrogen) atoms. The molecule has 2 rings (SSSR count). The Morgan fingerprint density at radius 3 is 2.31 bits per heavy atom. The molecule has 1 aromatic carbocycles. The Labute approximate surface area is 163 Å². The topological polar surface area (TPSA) is 92.5 Å². The van der Waals surface area contributed by atoms with Gasteiger partial charge in [-0.2, -0.15) is 4.31 Å². The molecule has 0 aromatic heterocycles. The molecule has 8 heteroatoms. The standard InChI is InChI=1S/C18H29N3O3S.ClH/c1-13-5-6-16(11-14(13)2)25(23,24)21-9-7-15(8-10-21)17(22)20-12-18(3,4)19;/h5-6,11,15H,7-10,12,19H2,1-4H3,(H,20,22);1H. The van der Waals surface area contributed by atoms with E-state index < -0.39 is 15.6 Å². The lowest BCUT2D eigenvalue weighted by atomic mass is 9.96. The average Bonchev–Trinajstić information content (AvgIpc) is 2.54. The highest BCUT2D eigenvalue weighted by Crippen LogP contribution is 2.25. The highest BCUT2D eigenvalue weighted by molar-refractivity contribution is 7.89. The van der Waals surface area contributed by atoms with Gasteiger partial charge in [0.25, 0.3) is 0 Å². The minimum atomic E-state index is -3.50. The van der Waals surface area contributed by atoms with Gasteiger partial charge in [0.2, 0.25) is 15.9 Å². The number of piperidine rings is 1. The Hall–Kier alpha value is -1.15. The highest BCUT2D eigenvalue weighted by atomic mass is 35.5. The maximum absolute atomic E-state index is 12.8. The van der Waals surface area contributed by atoms with Crippen molar-refractivity contribution >= 4 is 28.3 Å². The van der Waals surface area contributed by atoms with Crippen molar-refractivity contribution in [2.45, 2.75) is 51.0 Å². The number of aryl methyl sites for hydroxylation is 2. The van der Waals surface area contributed by atoms with Crippen LogP contribution < -0.4 is 11.1 Å². The first-order valence-electron chi connectivity index (χ1n) is 8.65. The number of nitrogens with zero attached hydrogens (tertiary/aromatic N) is 1. The van der Waals surface area contributed by atoms with Gasteiger partial charge in [-0.25, -0.2) is 8.42 Å². The van der Waals surface area contributed by atoms with E-state index in [4.69, 9.17) is 5.73 Å². The number of sulfonamides is 1. The van der Waals surface area contributed by atoms with Crippen molar-refractivity contribution in [1.82, 2.24) is 9.62 Å². The van der Waals surface area contributed by atoms with Crippen LogP contribution in [0.5, 0.6) is 0 Å². The normalized spacial score (nSPS) is 16.8. The van der Waals surface area contributed by atoms with Crippen LogP contribution in [0.3, 0.4) is 0 Å². The Balaban J connectivity index is 0.00000338. The summed E-state index contributed by atoms with van der Waals surface area (Å²) >= 11 is 0. The van der Waals surface area contributed by atoms with Crippen LogP contribution in [-0.2, 0) is 14.8 Å². The zero-order valence-corrected chi connectivity index (χ0v) is 17.5. The molecule has 3 N–H and O–H groups in total. The third-order valence-electron chi connectivity index (χ3n) is 4.66. The van der Waals surface area contributed by atoms with E-state index in [0.29, 0.717) is 37.4 Å². The summed E-state index contributed by atoms with van der Waals surface area (Å²) in [6.45, 7) is 8.70. The van der Waals surface area contributed by atoms with Crippen molar-refractivity contribution in [2.24, 2.45) is 11.7 Å². The lowest BCUT2D eigenvalue weighted by molar-refractivity contribution is -0.126. The molecule has 1 heterocycles. The second-order valence-corrected chi connectivity index (χ2v) is 9.57. The molecule has 1 amide bonds. The Kier molecular flexibility index (Phi) is 7.65. The largest absolute Gasteiger partial charge is 0.354 e. The summed E-state index contributed by atoms with van der Waals surface area (Å²) in [5.74, 6) is -0.199. The number of carbonyl (C=O) groups excluding carboxylic acids is 1. The van der Waals surface area contributed by atoms with Crippen LogP contribution in [0, 0.1) is 19.8 Å². The van der Waals surface area contributed by atoms with Gasteiger partial charge in [-0.3, -0.25) is 4.79 Å². The van der Waals surface area contributed by atoms with E-state index in [1.165, 1.54) is 4.31 Å². The quantitative estimate of drug-likeness (QED) is 0.786. The van der Waals surface area contributed by atoms with E-state index in [2.05, 4.69) is 5.32 Å². The third-order valence-corrected chi connectivity index (χ3v) is 6.55. The van der Waals surface area contributed by atoms with Crippen LogP contribution >= 0.6 is 12.4 Å². The molecule has 0 saturated carbocycles. The minimum absolute atomic E-state index is 0. The predicted molar refractivity (Wildman–Crippen MR) is 106 cm³/mol. The summed E-state index contributed by atoms with van der Waals surface area (Å²) < 4.78 is 27.1. The lowest BCUT2D eigenvalue weighted by Crippen LogP contribution is -2.48. The van der Waals surface area contributed by atoms with Gasteiger partial charge >= 0.3 is 0 Å². The van der Waals surface area contributed by atoms with Crippen LogP contribution in [-0.4, -0.2) is 43.8 Å². The number of rotatable bonds is 5. The smallest absolute Gasteiger partial charge is 0.243 e. The van der Waals surface area contributed by atoms with Gasteiger partial charge in [-0.1, -0.05) is 6.07 Å². The molecule has 1 aliphatic heterocycles. The molecule has 0 unspecified atom stereocenters. The third kappa shape index (κ3) is 5.67. The van der Waals surface area contributed by atoms with Crippen molar-refractivity contribution in [2.75, 3.05) is 19.6 Å². The second-order valence-electron chi connectivity index (χ2n) is 7.63. The molecule has 148 valence electrons. The Morgan fingerprint density at radius 1 is 1.23 bits per heavy atom. The Morgan fingerprint density at radius 2 is 1.81 bits per heavy atom. The molecule has 1 fully saturated rings. The fourth-order valence-corrected chi connectivity index (χ4v) is 4.40. The van der Waals surface area contributed by atoms with E-state index in [1.54, 1.807) is 12.1 Å². The van der Waals surface area contributed by atoms with E-state index in [-0.39, 0.29) is 24.2 Å². The number of nitrogens with two attached hydrogens (primary N) is 1. The van der Waals surface area contributed by atoms with E-state index in [9.17, 15) is 13.2 Å². The second kappa shape index (κ2) is 8.69. The van der Waals surface area contributed by atoms with Crippen molar-refractivity contribution in [1.29, 1.82) is 0 Å². The fraction of sp³-hybridized carbons (Fsp3) is 0.611. The van der Waals surface area contributed by atoms with E-state index in [0.717, 1.165) is 11.1 Å². The van der Waals surface area contributed by atoms with Crippen molar-refractivity contribution < 1.29 is 13.2 Å². The lowest BCUT2D eigenvalue weighted by Gasteiger charge is -2.31. The van der Waals surface area contributed by atoms with Gasteiger partial charge in [-0.15, -0.1) is 12.4 Å². The molecular formula is C18H30ClN3O3S. The highest BCUT2D eigenvalue weighted by Gasteiger charge is 2.32. The maximum Gasteiger partial charge on any atom is 0.243 e. The summed E-state index contributed by atoms with van der Waals surface area (Å²) in [5, 5.41) is 2.86. The van der Waals surface area contributed by atoms with Crippen LogP contribution in [0.25, 0.3) is 0 Å². The number of benzene rings is 1. The monoisotopic (exact) mass is 403 g/mol. The summed E-state index contributed by atoms with van der Waals surface area (Å²) in [5.41, 5.74) is 7.45. The van der Waals surface area contributed by atoms with Gasteiger partial charge in [0.05, 0.1) is 4.90 Å². The summed E-state index contributed by atoms with van der Waals surface area (Å²) in [7, 11) is -3.50. The van der Waals surface area contributed by atoms with Gasteiger partial charge < -0.3 is 11.1 Å². The first-order chi connectivity index (χ1) is 11.5. The zero-order chi connectivity index (χ0) is 18.8. The van der Waals surface area contributed by atoms with Gasteiger partial charge in [0.15, 0.2) is 0 Å². The molecule has 0 bridgehead atoms. The molecular weight excluding hydrogens is 374 g/mol. The molecule has 6 nitrogen and oxygen atoms in total. The number of hydrogen-bond donors (Lipinski definition) is 2. The summed E-state index contributed by atoms with van der Waals surface area (Å²) in [6, 6.07) is 5.20. The molecule has 0 spiro atoms. The van der Waals surface area contributed by atoms with Crippen molar-refractivity contribution in [3.8, 4) is 0 Å². The van der Waals surface area contributed by atoms with E-state index in [1.807, 2.05) is 33.8 Å². The molecule has 1 aromatic rings. The maximum atomic E-state index is 12.8. The summed E-state index contributed by atoms with van der Waals surface area (Å²) in [6.07, 6.45) is 1.06. The first kappa shape index (κ1) is 22.9. The van der Waals surface area contributed by atoms with Crippen molar-refractivity contribution in [3.63, 3.8) is 0 Å².